The van der Waals surface area contributed by atoms with Crippen molar-refractivity contribution >= 4 is 23.7 Å². The van der Waals surface area contributed by atoms with Gasteiger partial charge in [0.15, 0.2) is 6.10 Å². The molecule has 2 aromatic carbocycles. The second kappa shape index (κ2) is 11.1. The molecule has 32 heavy (non-hydrogen) atoms. The van der Waals surface area contributed by atoms with E-state index in [9.17, 15) is 24.6 Å². The molecule has 0 saturated carbocycles. The average Bonchev–Trinajstić information content (AvgIpc) is 2.73. The van der Waals surface area contributed by atoms with Crippen LogP contribution in [0.4, 0.5) is 10.5 Å². The fraction of sp³-hybridized carbons (Fsp3) is 0.348. The van der Waals surface area contributed by atoms with Gasteiger partial charge in [-0.2, -0.15) is 0 Å². The van der Waals surface area contributed by atoms with E-state index in [0.29, 0.717) is 11.3 Å². The van der Waals surface area contributed by atoms with Crippen LogP contribution >= 0.6 is 0 Å². The van der Waals surface area contributed by atoms with Gasteiger partial charge < -0.3 is 31.3 Å². The molecule has 0 radical (unpaired) electrons. The van der Waals surface area contributed by atoms with Crippen LogP contribution in [-0.2, 0) is 16.0 Å². The quantitative estimate of drug-likeness (QED) is 0.352. The molecule has 0 aromatic heterocycles. The summed E-state index contributed by atoms with van der Waals surface area (Å²) in [5.41, 5.74) is 8.98. The maximum atomic E-state index is 12.6. The minimum absolute atomic E-state index is 0.00842. The lowest BCUT2D eigenvalue weighted by Crippen LogP contribution is -2.52. The zero-order valence-electron chi connectivity index (χ0n) is 18.1. The number of carboxylic acids is 2. The SMILES string of the molecule is CC(C)CN(CC(O)C(=O)O)C(=O)N[C@@H](Cc1ccc(-c2ccc(N)cc2)cc1)C(=O)O. The number of amides is 2. The molecular weight excluding hydrogens is 414 g/mol. The number of carbonyl (C=O) groups is 3. The predicted molar refractivity (Wildman–Crippen MR) is 120 cm³/mol. The highest BCUT2D eigenvalue weighted by atomic mass is 16.4. The highest BCUT2D eigenvalue weighted by Gasteiger charge is 2.27. The first-order valence-electron chi connectivity index (χ1n) is 10.2. The van der Waals surface area contributed by atoms with Gasteiger partial charge in [0.2, 0.25) is 0 Å². The number of nitrogen functional groups attached to an aromatic ring is 1. The number of aliphatic hydroxyl groups is 1. The van der Waals surface area contributed by atoms with Gasteiger partial charge in [-0.25, -0.2) is 14.4 Å². The molecule has 0 aliphatic rings. The van der Waals surface area contributed by atoms with Crippen molar-refractivity contribution in [1.82, 2.24) is 10.2 Å². The molecule has 0 heterocycles. The normalized spacial score (nSPS) is 12.8. The Hall–Kier alpha value is -3.59. The van der Waals surface area contributed by atoms with Gasteiger partial charge in [0.25, 0.3) is 0 Å². The Morgan fingerprint density at radius 2 is 1.44 bits per heavy atom. The molecule has 2 rings (SSSR count). The number of rotatable bonds is 10. The number of aliphatic hydroxyl groups excluding tert-OH is 1. The number of hydrogen-bond donors (Lipinski definition) is 5. The van der Waals surface area contributed by atoms with Crippen molar-refractivity contribution in [3.05, 3.63) is 54.1 Å². The third-order valence-electron chi connectivity index (χ3n) is 4.78. The molecule has 0 bridgehead atoms. The molecule has 0 spiro atoms. The Bertz CT molecular complexity index is 928. The summed E-state index contributed by atoms with van der Waals surface area (Å²) >= 11 is 0. The lowest BCUT2D eigenvalue weighted by atomic mass is 10.0. The van der Waals surface area contributed by atoms with Crippen molar-refractivity contribution in [2.45, 2.75) is 32.4 Å². The van der Waals surface area contributed by atoms with Crippen molar-refractivity contribution in [3.63, 3.8) is 0 Å². The fourth-order valence-corrected chi connectivity index (χ4v) is 3.15. The molecule has 1 unspecified atom stereocenters. The third-order valence-corrected chi connectivity index (χ3v) is 4.78. The molecule has 172 valence electrons. The molecule has 0 aliphatic heterocycles. The van der Waals surface area contributed by atoms with Crippen LogP contribution in [0.2, 0.25) is 0 Å². The predicted octanol–water partition coefficient (Wildman–Crippen LogP) is 2.04. The molecule has 2 amide bonds. The number of nitrogens with zero attached hydrogens (tertiary/aromatic N) is 1. The van der Waals surface area contributed by atoms with Crippen molar-refractivity contribution in [2.75, 3.05) is 18.8 Å². The summed E-state index contributed by atoms with van der Waals surface area (Å²) in [6.07, 6.45) is -1.72. The molecule has 2 atom stereocenters. The summed E-state index contributed by atoms with van der Waals surface area (Å²) in [6, 6.07) is 12.7. The van der Waals surface area contributed by atoms with Crippen LogP contribution < -0.4 is 11.1 Å². The number of anilines is 1. The van der Waals surface area contributed by atoms with Crippen LogP contribution in [0.25, 0.3) is 11.1 Å². The Kier molecular flexibility index (Phi) is 8.60. The molecular formula is C23H29N3O6. The van der Waals surface area contributed by atoms with Gasteiger partial charge in [-0.05, 0) is 34.7 Å². The maximum absolute atomic E-state index is 12.6. The van der Waals surface area contributed by atoms with E-state index >= 15 is 0 Å². The van der Waals surface area contributed by atoms with Crippen LogP contribution in [0, 0.1) is 5.92 Å². The number of carbonyl (C=O) groups excluding carboxylic acids is 1. The van der Waals surface area contributed by atoms with E-state index in [1.807, 2.05) is 38.1 Å². The molecule has 0 saturated heterocycles. The summed E-state index contributed by atoms with van der Waals surface area (Å²) in [5, 5.41) is 30.6. The van der Waals surface area contributed by atoms with Gasteiger partial charge in [-0.3, -0.25) is 0 Å². The molecule has 0 fully saturated rings. The van der Waals surface area contributed by atoms with Gasteiger partial charge in [0.1, 0.15) is 6.04 Å². The van der Waals surface area contributed by atoms with Crippen LogP contribution in [0.3, 0.4) is 0 Å². The van der Waals surface area contributed by atoms with E-state index in [0.717, 1.165) is 16.0 Å². The number of aliphatic carboxylic acids is 2. The Balaban J connectivity index is 2.10. The van der Waals surface area contributed by atoms with Gasteiger partial charge in [0, 0.05) is 18.7 Å². The van der Waals surface area contributed by atoms with Crippen molar-refractivity contribution < 1.29 is 29.7 Å². The molecule has 9 heteroatoms. The van der Waals surface area contributed by atoms with Crippen LogP contribution in [0.15, 0.2) is 48.5 Å². The van der Waals surface area contributed by atoms with E-state index < -0.39 is 36.7 Å². The smallest absolute Gasteiger partial charge is 0.334 e. The second-order valence-corrected chi connectivity index (χ2v) is 8.02. The van der Waals surface area contributed by atoms with E-state index in [-0.39, 0.29) is 18.9 Å². The first-order valence-corrected chi connectivity index (χ1v) is 10.2. The molecule has 2 aromatic rings. The zero-order valence-corrected chi connectivity index (χ0v) is 18.1. The van der Waals surface area contributed by atoms with Gasteiger partial charge in [-0.1, -0.05) is 50.2 Å². The number of nitrogens with two attached hydrogens (primary N) is 1. The number of nitrogens with one attached hydrogen (secondary N) is 1. The first-order chi connectivity index (χ1) is 15.1. The van der Waals surface area contributed by atoms with E-state index in [4.69, 9.17) is 10.8 Å². The lowest BCUT2D eigenvalue weighted by molar-refractivity contribution is -0.147. The monoisotopic (exact) mass is 443 g/mol. The van der Waals surface area contributed by atoms with Crippen molar-refractivity contribution in [2.24, 2.45) is 5.92 Å². The highest BCUT2D eigenvalue weighted by Crippen LogP contribution is 2.21. The second-order valence-electron chi connectivity index (χ2n) is 8.02. The minimum Gasteiger partial charge on any atom is -0.480 e. The Morgan fingerprint density at radius 1 is 0.906 bits per heavy atom. The summed E-state index contributed by atoms with van der Waals surface area (Å²) in [5.74, 6) is -2.68. The van der Waals surface area contributed by atoms with Crippen LogP contribution in [0.5, 0.6) is 0 Å². The Morgan fingerprint density at radius 3 is 1.91 bits per heavy atom. The zero-order chi connectivity index (χ0) is 23.8. The van der Waals surface area contributed by atoms with Crippen LogP contribution in [0.1, 0.15) is 19.4 Å². The summed E-state index contributed by atoms with van der Waals surface area (Å²) in [4.78, 5) is 36.5. The Labute approximate surface area is 186 Å². The molecule has 6 N–H and O–H groups in total. The molecule has 9 nitrogen and oxygen atoms in total. The average molecular weight is 444 g/mol. The highest BCUT2D eigenvalue weighted by molar-refractivity contribution is 5.83. The van der Waals surface area contributed by atoms with E-state index in [2.05, 4.69) is 5.32 Å². The van der Waals surface area contributed by atoms with Gasteiger partial charge in [-0.15, -0.1) is 0 Å². The minimum atomic E-state index is -1.76. The van der Waals surface area contributed by atoms with E-state index in [1.165, 1.54) is 0 Å². The number of urea groups is 1. The lowest BCUT2D eigenvalue weighted by Gasteiger charge is -2.27. The van der Waals surface area contributed by atoms with Crippen LogP contribution in [-0.4, -0.2) is 63.4 Å². The maximum Gasteiger partial charge on any atom is 0.334 e. The van der Waals surface area contributed by atoms with Gasteiger partial charge in [0.05, 0.1) is 6.54 Å². The summed E-state index contributed by atoms with van der Waals surface area (Å²) in [6.45, 7) is 3.37. The summed E-state index contributed by atoms with van der Waals surface area (Å²) < 4.78 is 0. The summed E-state index contributed by atoms with van der Waals surface area (Å²) in [7, 11) is 0. The largest absolute Gasteiger partial charge is 0.480 e. The number of benzene rings is 2. The fourth-order valence-electron chi connectivity index (χ4n) is 3.15. The topological polar surface area (TPSA) is 153 Å². The van der Waals surface area contributed by atoms with Crippen molar-refractivity contribution in [3.8, 4) is 11.1 Å². The standard InChI is InChI=1S/C23H29N3O6/c1-14(2)12-26(13-20(27)22(30)31)23(32)25-19(21(28)29)11-15-3-5-16(6-4-15)17-7-9-18(24)10-8-17/h3-10,14,19-20,27H,11-13,24H2,1-2H3,(H,25,32)(H,28,29)(H,30,31)/t19-,20?/m0/s1. The molecule has 0 aliphatic carbocycles. The third kappa shape index (κ3) is 7.28. The van der Waals surface area contributed by atoms with Gasteiger partial charge >= 0.3 is 18.0 Å². The van der Waals surface area contributed by atoms with Crippen molar-refractivity contribution in [1.29, 1.82) is 0 Å². The number of carboxylic acid groups (broad SMARTS) is 2. The number of hydrogen-bond acceptors (Lipinski definition) is 5. The first kappa shape index (κ1) is 24.7. The van der Waals surface area contributed by atoms with E-state index in [1.54, 1.807) is 24.3 Å².